The second-order valence-corrected chi connectivity index (χ2v) is 5.01. The smallest absolute Gasteiger partial charge is 0.0471 e. The third kappa shape index (κ3) is 2.47. The van der Waals surface area contributed by atoms with Gasteiger partial charge in [-0.05, 0) is 37.8 Å². The lowest BCUT2D eigenvalue weighted by Gasteiger charge is -2.37. The molecule has 1 aromatic heterocycles. The zero-order valence-corrected chi connectivity index (χ0v) is 10.3. The van der Waals surface area contributed by atoms with Gasteiger partial charge in [-0.15, -0.1) is 0 Å². The van der Waals surface area contributed by atoms with Gasteiger partial charge in [0.25, 0.3) is 0 Å². The maximum Gasteiger partial charge on any atom is 0.0471 e. The molecule has 2 heterocycles. The first-order valence-corrected chi connectivity index (χ1v) is 6.16. The summed E-state index contributed by atoms with van der Waals surface area (Å²) < 4.78 is 2.18. The molecule has 2 atom stereocenters. The predicted octanol–water partition coefficient (Wildman–Crippen LogP) is 1.62. The monoisotopic (exact) mass is 222 g/mol. The van der Waals surface area contributed by atoms with Gasteiger partial charge in [-0.2, -0.15) is 0 Å². The van der Waals surface area contributed by atoms with Crippen LogP contribution >= 0.6 is 0 Å². The SMILES string of the molecule is C[C@@H]1CC[C@@H](CO)CN1Cc1cccn1C. The van der Waals surface area contributed by atoms with E-state index >= 15 is 0 Å². The number of hydrogen-bond acceptors (Lipinski definition) is 2. The van der Waals surface area contributed by atoms with Crippen molar-refractivity contribution in [2.75, 3.05) is 13.2 Å². The van der Waals surface area contributed by atoms with Crippen molar-refractivity contribution in [3.8, 4) is 0 Å². The van der Waals surface area contributed by atoms with E-state index in [2.05, 4.69) is 41.8 Å². The highest BCUT2D eigenvalue weighted by molar-refractivity contribution is 5.06. The van der Waals surface area contributed by atoms with Gasteiger partial charge in [0.15, 0.2) is 0 Å². The molecular formula is C13H22N2O. The molecular weight excluding hydrogens is 200 g/mol. The van der Waals surface area contributed by atoms with Crippen LogP contribution in [0.4, 0.5) is 0 Å². The molecule has 3 heteroatoms. The van der Waals surface area contributed by atoms with Crippen LogP contribution in [0.15, 0.2) is 18.3 Å². The minimum absolute atomic E-state index is 0.330. The van der Waals surface area contributed by atoms with Gasteiger partial charge in [-0.25, -0.2) is 0 Å². The average molecular weight is 222 g/mol. The fourth-order valence-corrected chi connectivity index (χ4v) is 2.50. The molecule has 1 aliphatic rings. The zero-order chi connectivity index (χ0) is 11.5. The van der Waals surface area contributed by atoms with Gasteiger partial charge in [-0.1, -0.05) is 0 Å². The molecule has 0 saturated carbocycles. The van der Waals surface area contributed by atoms with E-state index in [1.165, 1.54) is 18.5 Å². The van der Waals surface area contributed by atoms with Crippen molar-refractivity contribution < 1.29 is 5.11 Å². The van der Waals surface area contributed by atoms with E-state index in [9.17, 15) is 5.11 Å². The summed E-state index contributed by atoms with van der Waals surface area (Å²) in [5, 5.41) is 9.24. The molecule has 3 nitrogen and oxygen atoms in total. The number of rotatable bonds is 3. The van der Waals surface area contributed by atoms with Gasteiger partial charge >= 0.3 is 0 Å². The highest BCUT2D eigenvalue weighted by atomic mass is 16.3. The molecule has 0 aliphatic carbocycles. The zero-order valence-electron chi connectivity index (χ0n) is 10.3. The van der Waals surface area contributed by atoms with Crippen LogP contribution in [0.3, 0.4) is 0 Å². The van der Waals surface area contributed by atoms with Crippen LogP contribution in [0.25, 0.3) is 0 Å². The Hall–Kier alpha value is -0.800. The molecule has 0 bridgehead atoms. The van der Waals surface area contributed by atoms with Crippen LogP contribution in [-0.2, 0) is 13.6 Å². The third-order valence-electron chi connectivity index (χ3n) is 3.78. The quantitative estimate of drug-likeness (QED) is 0.842. The van der Waals surface area contributed by atoms with Crippen molar-refractivity contribution in [1.29, 1.82) is 0 Å². The first-order valence-electron chi connectivity index (χ1n) is 6.16. The lowest BCUT2D eigenvalue weighted by atomic mass is 9.94. The highest BCUT2D eigenvalue weighted by Crippen LogP contribution is 2.23. The first-order chi connectivity index (χ1) is 7.70. The van der Waals surface area contributed by atoms with Crippen molar-refractivity contribution >= 4 is 0 Å². The number of aromatic nitrogens is 1. The number of hydrogen-bond donors (Lipinski definition) is 1. The molecule has 1 N–H and O–H groups in total. The van der Waals surface area contributed by atoms with Crippen molar-refractivity contribution in [1.82, 2.24) is 9.47 Å². The lowest BCUT2D eigenvalue weighted by molar-refractivity contribution is 0.0756. The highest BCUT2D eigenvalue weighted by Gasteiger charge is 2.25. The van der Waals surface area contributed by atoms with E-state index in [0.717, 1.165) is 13.1 Å². The molecule has 1 aromatic rings. The van der Waals surface area contributed by atoms with E-state index in [1.54, 1.807) is 0 Å². The molecule has 1 saturated heterocycles. The molecule has 90 valence electrons. The minimum Gasteiger partial charge on any atom is -0.396 e. The Morgan fingerprint density at radius 2 is 2.25 bits per heavy atom. The summed E-state index contributed by atoms with van der Waals surface area (Å²) in [7, 11) is 2.09. The van der Waals surface area contributed by atoms with E-state index in [1.807, 2.05) is 0 Å². The van der Waals surface area contributed by atoms with Gasteiger partial charge in [-0.3, -0.25) is 4.90 Å². The summed E-state index contributed by atoms with van der Waals surface area (Å²) >= 11 is 0. The van der Waals surface area contributed by atoms with Crippen molar-refractivity contribution in [3.05, 3.63) is 24.0 Å². The van der Waals surface area contributed by atoms with Crippen LogP contribution in [0.1, 0.15) is 25.5 Å². The van der Waals surface area contributed by atoms with Gasteiger partial charge in [0.1, 0.15) is 0 Å². The molecule has 1 fully saturated rings. The summed E-state index contributed by atoms with van der Waals surface area (Å²) in [6, 6.07) is 4.90. The third-order valence-corrected chi connectivity index (χ3v) is 3.78. The summed E-state index contributed by atoms with van der Waals surface area (Å²) in [5.41, 5.74) is 1.35. The maximum absolute atomic E-state index is 9.24. The number of nitrogens with zero attached hydrogens (tertiary/aromatic N) is 2. The van der Waals surface area contributed by atoms with Crippen LogP contribution in [0.2, 0.25) is 0 Å². The molecule has 0 unspecified atom stereocenters. The largest absolute Gasteiger partial charge is 0.396 e. The Morgan fingerprint density at radius 3 is 2.88 bits per heavy atom. The summed E-state index contributed by atoms with van der Waals surface area (Å²) in [6.45, 7) is 4.65. The Bertz CT molecular complexity index is 334. The van der Waals surface area contributed by atoms with Gasteiger partial charge in [0.05, 0.1) is 0 Å². The number of aliphatic hydroxyl groups excluding tert-OH is 1. The van der Waals surface area contributed by atoms with Crippen molar-refractivity contribution in [3.63, 3.8) is 0 Å². The molecule has 16 heavy (non-hydrogen) atoms. The maximum atomic E-state index is 9.24. The lowest BCUT2D eigenvalue weighted by Crippen LogP contribution is -2.42. The molecule has 0 aromatic carbocycles. The van der Waals surface area contributed by atoms with E-state index in [4.69, 9.17) is 0 Å². The number of likely N-dealkylation sites (tertiary alicyclic amines) is 1. The second-order valence-electron chi connectivity index (χ2n) is 5.01. The molecule has 0 amide bonds. The second kappa shape index (κ2) is 5.02. The molecule has 0 radical (unpaired) electrons. The Kier molecular flexibility index (Phi) is 3.66. The van der Waals surface area contributed by atoms with E-state index in [-0.39, 0.29) is 0 Å². The standard InChI is InChI=1S/C13H22N2O/c1-11-5-6-12(10-16)8-15(11)9-13-4-3-7-14(13)2/h3-4,7,11-12,16H,5-6,8-10H2,1-2H3/t11-,12-/m1/s1. The van der Waals surface area contributed by atoms with Crippen molar-refractivity contribution in [2.24, 2.45) is 13.0 Å². The average Bonchev–Trinajstić information content (AvgIpc) is 2.68. The van der Waals surface area contributed by atoms with Crippen LogP contribution < -0.4 is 0 Å². The number of aryl methyl sites for hydroxylation is 1. The Morgan fingerprint density at radius 1 is 1.44 bits per heavy atom. The molecule has 2 rings (SSSR count). The van der Waals surface area contributed by atoms with Gasteiger partial charge in [0.2, 0.25) is 0 Å². The topological polar surface area (TPSA) is 28.4 Å². The van der Waals surface area contributed by atoms with Crippen LogP contribution in [-0.4, -0.2) is 33.8 Å². The number of aliphatic hydroxyl groups is 1. The molecule has 1 aliphatic heterocycles. The predicted molar refractivity (Wildman–Crippen MR) is 65.1 cm³/mol. The Labute approximate surface area is 97.7 Å². The fourth-order valence-electron chi connectivity index (χ4n) is 2.50. The van der Waals surface area contributed by atoms with Crippen molar-refractivity contribution in [2.45, 2.75) is 32.4 Å². The van der Waals surface area contributed by atoms with Gasteiger partial charge in [0, 0.05) is 44.7 Å². The number of piperidine rings is 1. The van der Waals surface area contributed by atoms with Crippen LogP contribution in [0.5, 0.6) is 0 Å². The summed E-state index contributed by atoms with van der Waals surface area (Å²) in [6.07, 6.45) is 4.46. The minimum atomic E-state index is 0.330. The molecule has 0 spiro atoms. The van der Waals surface area contributed by atoms with Crippen LogP contribution in [0, 0.1) is 5.92 Å². The summed E-state index contributed by atoms with van der Waals surface area (Å²) in [5.74, 6) is 0.469. The van der Waals surface area contributed by atoms with E-state index in [0.29, 0.717) is 18.6 Å². The van der Waals surface area contributed by atoms with E-state index < -0.39 is 0 Å². The normalized spacial score (nSPS) is 27.2. The fraction of sp³-hybridized carbons (Fsp3) is 0.692. The Balaban J connectivity index is 1.99. The summed E-state index contributed by atoms with van der Waals surface area (Å²) in [4.78, 5) is 2.49. The first kappa shape index (κ1) is 11.7. The van der Waals surface area contributed by atoms with Gasteiger partial charge < -0.3 is 9.67 Å².